The highest BCUT2D eigenvalue weighted by atomic mass is 35.5. The minimum absolute atomic E-state index is 0.0103. The van der Waals surface area contributed by atoms with E-state index in [1.54, 1.807) is 18.3 Å². The molecule has 1 unspecified atom stereocenters. The van der Waals surface area contributed by atoms with Crippen LogP contribution in [-0.4, -0.2) is 23.9 Å². The molecular formula is C21H25ClN2OS. The Kier molecular flexibility index (Phi) is 5.35. The maximum absolute atomic E-state index is 11.9. The van der Waals surface area contributed by atoms with Crippen molar-refractivity contribution in [1.82, 2.24) is 4.90 Å². The molecule has 1 aliphatic heterocycles. The summed E-state index contributed by atoms with van der Waals surface area (Å²) in [5, 5.41) is 4.96. The lowest BCUT2D eigenvalue weighted by Crippen LogP contribution is -2.28. The summed E-state index contributed by atoms with van der Waals surface area (Å²) in [4.78, 5) is 15.9. The van der Waals surface area contributed by atoms with E-state index >= 15 is 0 Å². The third-order valence-corrected chi connectivity index (χ3v) is 6.90. The second kappa shape index (κ2) is 7.71. The predicted molar refractivity (Wildman–Crippen MR) is 109 cm³/mol. The number of anilines is 1. The molecule has 2 heterocycles. The number of hydrogen-bond donors (Lipinski definition) is 1. The molecule has 0 bridgehead atoms. The van der Waals surface area contributed by atoms with Gasteiger partial charge in [-0.2, -0.15) is 0 Å². The molecule has 1 saturated heterocycles. The standard InChI is InChI=1S/C21H25ClN2OS/c1-14(25)23-21-19(17-9-2-3-10-18(17)26-21)20(24-11-4-5-12-24)15-7-6-8-16(22)13-15/h6-8,13,20H,2-5,9-12H2,1H3,(H,23,25). The minimum Gasteiger partial charge on any atom is -0.318 e. The van der Waals surface area contributed by atoms with Crippen molar-refractivity contribution in [2.24, 2.45) is 0 Å². The van der Waals surface area contributed by atoms with Gasteiger partial charge < -0.3 is 5.32 Å². The maximum atomic E-state index is 11.9. The molecule has 0 spiro atoms. The molecule has 1 atom stereocenters. The van der Waals surface area contributed by atoms with Gasteiger partial charge in [0.2, 0.25) is 5.91 Å². The number of amides is 1. The number of aryl methyl sites for hydroxylation is 1. The number of thiophene rings is 1. The van der Waals surface area contributed by atoms with Gasteiger partial charge in [-0.25, -0.2) is 0 Å². The van der Waals surface area contributed by atoms with Crippen LogP contribution in [-0.2, 0) is 17.6 Å². The van der Waals surface area contributed by atoms with E-state index in [0.717, 1.165) is 36.0 Å². The second-order valence-electron chi connectivity index (χ2n) is 7.34. The first-order chi connectivity index (χ1) is 12.6. The quantitative estimate of drug-likeness (QED) is 0.757. The number of benzene rings is 1. The first kappa shape index (κ1) is 18.0. The van der Waals surface area contributed by atoms with E-state index in [1.807, 2.05) is 12.1 Å². The van der Waals surface area contributed by atoms with Crippen LogP contribution in [0.5, 0.6) is 0 Å². The summed E-state index contributed by atoms with van der Waals surface area (Å²) >= 11 is 8.12. The summed E-state index contributed by atoms with van der Waals surface area (Å²) in [6, 6.07) is 8.42. The summed E-state index contributed by atoms with van der Waals surface area (Å²) < 4.78 is 0. The van der Waals surface area contributed by atoms with Crippen LogP contribution >= 0.6 is 22.9 Å². The highest BCUT2D eigenvalue weighted by Crippen LogP contribution is 2.46. The van der Waals surface area contributed by atoms with E-state index in [2.05, 4.69) is 22.3 Å². The van der Waals surface area contributed by atoms with Crippen molar-refractivity contribution < 1.29 is 4.79 Å². The van der Waals surface area contributed by atoms with Crippen LogP contribution in [0.25, 0.3) is 0 Å². The van der Waals surface area contributed by atoms with E-state index < -0.39 is 0 Å². The number of nitrogens with zero attached hydrogens (tertiary/aromatic N) is 1. The Morgan fingerprint density at radius 1 is 1.19 bits per heavy atom. The van der Waals surface area contributed by atoms with Gasteiger partial charge >= 0.3 is 0 Å². The van der Waals surface area contributed by atoms with E-state index in [4.69, 9.17) is 11.6 Å². The van der Waals surface area contributed by atoms with Gasteiger partial charge in [-0.1, -0.05) is 23.7 Å². The smallest absolute Gasteiger partial charge is 0.221 e. The van der Waals surface area contributed by atoms with Crippen LogP contribution in [0.4, 0.5) is 5.00 Å². The minimum atomic E-state index is 0.0103. The van der Waals surface area contributed by atoms with Gasteiger partial charge in [0.15, 0.2) is 0 Å². The Labute approximate surface area is 164 Å². The van der Waals surface area contributed by atoms with E-state index in [1.165, 1.54) is 47.3 Å². The van der Waals surface area contributed by atoms with Crippen LogP contribution in [0, 0.1) is 0 Å². The van der Waals surface area contributed by atoms with Crippen molar-refractivity contribution in [3.8, 4) is 0 Å². The lowest BCUT2D eigenvalue weighted by Gasteiger charge is -2.30. The lowest BCUT2D eigenvalue weighted by molar-refractivity contribution is -0.114. The zero-order valence-electron chi connectivity index (χ0n) is 15.2. The third kappa shape index (κ3) is 3.55. The van der Waals surface area contributed by atoms with Crippen molar-refractivity contribution >= 4 is 33.8 Å². The van der Waals surface area contributed by atoms with Crippen molar-refractivity contribution in [2.75, 3.05) is 18.4 Å². The van der Waals surface area contributed by atoms with Gasteiger partial charge in [-0.3, -0.25) is 9.69 Å². The number of nitrogens with one attached hydrogen (secondary N) is 1. The number of halogens is 1. The summed E-state index contributed by atoms with van der Waals surface area (Å²) in [6.45, 7) is 3.80. The van der Waals surface area contributed by atoms with Crippen LogP contribution in [0.15, 0.2) is 24.3 Å². The summed E-state index contributed by atoms with van der Waals surface area (Å²) in [7, 11) is 0. The molecule has 0 radical (unpaired) electrons. The SMILES string of the molecule is CC(=O)Nc1sc2c(c1C(c1cccc(Cl)c1)N1CCCC1)CCCC2. The van der Waals surface area contributed by atoms with Gasteiger partial charge in [0.1, 0.15) is 5.00 Å². The molecule has 1 N–H and O–H groups in total. The highest BCUT2D eigenvalue weighted by Gasteiger charge is 2.33. The Hall–Kier alpha value is -1.36. The fourth-order valence-electron chi connectivity index (χ4n) is 4.37. The molecule has 4 rings (SSSR count). The van der Waals surface area contributed by atoms with Gasteiger partial charge in [0, 0.05) is 22.4 Å². The van der Waals surface area contributed by atoms with Gasteiger partial charge in [0.25, 0.3) is 0 Å². The number of rotatable bonds is 4. The number of likely N-dealkylation sites (tertiary alicyclic amines) is 1. The average Bonchev–Trinajstić information content (AvgIpc) is 3.24. The summed E-state index contributed by atoms with van der Waals surface area (Å²) in [5.41, 5.74) is 4.03. The monoisotopic (exact) mass is 388 g/mol. The van der Waals surface area contributed by atoms with Gasteiger partial charge in [0.05, 0.1) is 6.04 Å². The zero-order valence-corrected chi connectivity index (χ0v) is 16.8. The topological polar surface area (TPSA) is 32.3 Å². The molecular weight excluding hydrogens is 364 g/mol. The molecule has 3 nitrogen and oxygen atoms in total. The van der Waals surface area contributed by atoms with E-state index in [9.17, 15) is 4.79 Å². The maximum Gasteiger partial charge on any atom is 0.221 e. The van der Waals surface area contributed by atoms with E-state index in [-0.39, 0.29) is 11.9 Å². The van der Waals surface area contributed by atoms with Crippen LogP contribution in [0.1, 0.15) is 60.2 Å². The van der Waals surface area contributed by atoms with Crippen molar-refractivity contribution in [2.45, 2.75) is 51.5 Å². The van der Waals surface area contributed by atoms with Crippen LogP contribution < -0.4 is 5.32 Å². The fourth-order valence-corrected chi connectivity index (χ4v) is 5.94. The van der Waals surface area contributed by atoms with Crippen molar-refractivity contribution in [3.05, 3.63) is 50.9 Å². The number of carbonyl (C=O) groups excluding carboxylic acids is 1. The molecule has 2 aromatic rings. The molecule has 1 aromatic carbocycles. The van der Waals surface area contributed by atoms with Crippen LogP contribution in [0.2, 0.25) is 5.02 Å². The normalized spacial score (nSPS) is 18.5. The molecule has 2 aliphatic rings. The molecule has 26 heavy (non-hydrogen) atoms. The lowest BCUT2D eigenvalue weighted by atomic mass is 9.89. The van der Waals surface area contributed by atoms with Gasteiger partial charge in [-0.05, 0) is 74.9 Å². The number of carbonyl (C=O) groups is 1. The molecule has 1 fully saturated rings. The predicted octanol–water partition coefficient (Wildman–Crippen LogP) is 5.42. The Morgan fingerprint density at radius 2 is 1.96 bits per heavy atom. The van der Waals surface area contributed by atoms with E-state index in [0.29, 0.717) is 0 Å². The summed E-state index contributed by atoms with van der Waals surface area (Å²) in [5.74, 6) is 0.0103. The van der Waals surface area contributed by atoms with Crippen molar-refractivity contribution in [1.29, 1.82) is 0 Å². The molecule has 0 saturated carbocycles. The largest absolute Gasteiger partial charge is 0.318 e. The summed E-state index contributed by atoms with van der Waals surface area (Å²) in [6.07, 6.45) is 7.20. The molecule has 5 heteroatoms. The van der Waals surface area contributed by atoms with Gasteiger partial charge in [-0.15, -0.1) is 11.3 Å². The highest BCUT2D eigenvalue weighted by molar-refractivity contribution is 7.16. The van der Waals surface area contributed by atoms with Crippen molar-refractivity contribution in [3.63, 3.8) is 0 Å². The van der Waals surface area contributed by atoms with Crippen LogP contribution in [0.3, 0.4) is 0 Å². The first-order valence-corrected chi connectivity index (χ1v) is 10.7. The first-order valence-electron chi connectivity index (χ1n) is 9.55. The third-order valence-electron chi connectivity index (χ3n) is 5.45. The Bertz CT molecular complexity index is 810. The Morgan fingerprint density at radius 3 is 2.69 bits per heavy atom. The molecule has 138 valence electrons. The average molecular weight is 389 g/mol. The molecule has 1 aromatic heterocycles. The molecule has 1 amide bonds. The number of fused-ring (bicyclic) bond motifs is 1. The second-order valence-corrected chi connectivity index (χ2v) is 8.88. The zero-order chi connectivity index (χ0) is 18.1. The fraction of sp³-hybridized carbons (Fsp3) is 0.476. The number of hydrogen-bond acceptors (Lipinski definition) is 3. The molecule has 1 aliphatic carbocycles. The Balaban J connectivity index is 1.87.